The van der Waals surface area contributed by atoms with Gasteiger partial charge >= 0.3 is 0 Å². The van der Waals surface area contributed by atoms with E-state index < -0.39 is 0 Å². The lowest BCUT2D eigenvalue weighted by Crippen LogP contribution is -2.36. The molecular formula is C17H21BrN2O2S. The third-order valence-electron chi connectivity index (χ3n) is 3.44. The Morgan fingerprint density at radius 3 is 2.87 bits per heavy atom. The van der Waals surface area contributed by atoms with Gasteiger partial charge in [0.05, 0.1) is 19.7 Å². The second-order valence-corrected chi connectivity index (χ2v) is 7.33. The van der Waals surface area contributed by atoms with E-state index in [1.54, 1.807) is 18.4 Å². The van der Waals surface area contributed by atoms with Gasteiger partial charge in [0, 0.05) is 21.5 Å². The number of halogens is 1. The summed E-state index contributed by atoms with van der Waals surface area (Å²) in [7, 11) is 3.58. The number of amides is 1. The average molecular weight is 397 g/mol. The number of nitrogens with zero attached hydrogens (tertiary/aromatic N) is 1. The Bertz CT molecular complexity index is 646. The molecule has 0 aliphatic rings. The number of hydrogen-bond donors (Lipinski definition) is 1. The molecule has 0 spiro atoms. The topological polar surface area (TPSA) is 41.6 Å². The fourth-order valence-corrected chi connectivity index (χ4v) is 3.50. The van der Waals surface area contributed by atoms with Crippen LogP contribution in [0.25, 0.3) is 0 Å². The molecule has 0 fully saturated rings. The van der Waals surface area contributed by atoms with Crippen LogP contribution in [0.4, 0.5) is 0 Å². The molecule has 1 atom stereocenters. The molecule has 1 N–H and O–H groups in total. The summed E-state index contributed by atoms with van der Waals surface area (Å²) in [5, 5.41) is 5.05. The molecule has 1 amide bonds. The van der Waals surface area contributed by atoms with Gasteiger partial charge in [-0.15, -0.1) is 11.3 Å². The minimum atomic E-state index is 0.0161. The minimum absolute atomic E-state index is 0.0161. The summed E-state index contributed by atoms with van der Waals surface area (Å²) in [5.74, 6) is 0.842. The quantitative estimate of drug-likeness (QED) is 0.772. The summed E-state index contributed by atoms with van der Waals surface area (Å²) in [6, 6.07) is 9.95. The summed E-state index contributed by atoms with van der Waals surface area (Å²) in [5.41, 5.74) is 1.04. The molecule has 0 saturated heterocycles. The van der Waals surface area contributed by atoms with E-state index in [4.69, 9.17) is 4.74 Å². The van der Waals surface area contributed by atoms with Gasteiger partial charge in [-0.2, -0.15) is 0 Å². The first-order valence-electron chi connectivity index (χ1n) is 7.33. The summed E-state index contributed by atoms with van der Waals surface area (Å²) in [6.45, 7) is 2.98. The molecule has 6 heteroatoms. The maximum atomic E-state index is 12.2. The maximum Gasteiger partial charge on any atom is 0.234 e. The smallest absolute Gasteiger partial charge is 0.234 e. The number of carbonyl (C=O) groups is 1. The zero-order valence-electron chi connectivity index (χ0n) is 13.5. The van der Waals surface area contributed by atoms with E-state index in [-0.39, 0.29) is 11.9 Å². The van der Waals surface area contributed by atoms with Crippen LogP contribution in [0.5, 0.6) is 5.75 Å². The second-order valence-electron chi connectivity index (χ2n) is 5.43. The molecule has 0 bridgehead atoms. The standard InChI is InChI=1S/C17H21BrN2O2S/c1-12(16-5-4-8-23-16)19-17(21)11-20(2)10-13-9-14(18)6-7-15(13)22-3/h4-9,12H,10-11H2,1-3H3,(H,19,21)/t12-/m1/s1. The van der Waals surface area contributed by atoms with Crippen LogP contribution < -0.4 is 10.1 Å². The molecule has 4 nitrogen and oxygen atoms in total. The summed E-state index contributed by atoms with van der Waals surface area (Å²) < 4.78 is 6.37. The van der Waals surface area contributed by atoms with E-state index in [0.717, 1.165) is 20.7 Å². The van der Waals surface area contributed by atoms with Crippen molar-refractivity contribution < 1.29 is 9.53 Å². The molecule has 0 aliphatic carbocycles. The van der Waals surface area contributed by atoms with Crippen molar-refractivity contribution in [2.24, 2.45) is 0 Å². The van der Waals surface area contributed by atoms with E-state index in [0.29, 0.717) is 13.1 Å². The number of hydrogen-bond acceptors (Lipinski definition) is 4. The van der Waals surface area contributed by atoms with Crippen molar-refractivity contribution in [2.45, 2.75) is 19.5 Å². The van der Waals surface area contributed by atoms with Gasteiger partial charge in [0.25, 0.3) is 0 Å². The molecule has 0 saturated carbocycles. The van der Waals surface area contributed by atoms with Crippen molar-refractivity contribution in [3.05, 3.63) is 50.6 Å². The Labute approximate surface area is 149 Å². The highest BCUT2D eigenvalue weighted by molar-refractivity contribution is 9.10. The van der Waals surface area contributed by atoms with Gasteiger partial charge in [-0.1, -0.05) is 22.0 Å². The summed E-state index contributed by atoms with van der Waals surface area (Å²) >= 11 is 5.12. The predicted octanol–water partition coefficient (Wildman–Crippen LogP) is 3.83. The number of thiophene rings is 1. The lowest BCUT2D eigenvalue weighted by atomic mass is 10.2. The molecule has 0 unspecified atom stereocenters. The molecule has 2 rings (SSSR count). The van der Waals surface area contributed by atoms with Gasteiger partial charge in [0.1, 0.15) is 5.75 Å². The number of methoxy groups -OCH3 is 1. The Morgan fingerprint density at radius 2 is 2.22 bits per heavy atom. The number of rotatable bonds is 7. The van der Waals surface area contributed by atoms with Crippen LogP contribution in [0.15, 0.2) is 40.2 Å². The first-order chi connectivity index (χ1) is 11.0. The molecule has 0 radical (unpaired) electrons. The zero-order chi connectivity index (χ0) is 16.8. The van der Waals surface area contributed by atoms with E-state index in [9.17, 15) is 4.79 Å². The minimum Gasteiger partial charge on any atom is -0.496 e. The van der Waals surface area contributed by atoms with Gasteiger partial charge in [-0.3, -0.25) is 9.69 Å². The Balaban J connectivity index is 1.90. The maximum absolute atomic E-state index is 12.2. The van der Waals surface area contributed by atoms with Crippen LogP contribution in [0.3, 0.4) is 0 Å². The number of benzene rings is 1. The number of carbonyl (C=O) groups excluding carboxylic acids is 1. The Kier molecular flexibility index (Phi) is 6.62. The largest absolute Gasteiger partial charge is 0.496 e. The first kappa shape index (κ1) is 18.0. The fourth-order valence-electron chi connectivity index (χ4n) is 2.36. The second kappa shape index (κ2) is 8.47. The zero-order valence-corrected chi connectivity index (χ0v) is 15.9. The van der Waals surface area contributed by atoms with Crippen LogP contribution in [0, 0.1) is 0 Å². The van der Waals surface area contributed by atoms with Gasteiger partial charge in [0.15, 0.2) is 0 Å². The van der Waals surface area contributed by atoms with E-state index in [1.807, 2.05) is 54.6 Å². The molecule has 124 valence electrons. The van der Waals surface area contributed by atoms with Crippen LogP contribution in [-0.2, 0) is 11.3 Å². The van der Waals surface area contributed by atoms with E-state index in [1.165, 1.54) is 0 Å². The van der Waals surface area contributed by atoms with Gasteiger partial charge in [-0.05, 0) is 43.6 Å². The molecular weight excluding hydrogens is 376 g/mol. The first-order valence-corrected chi connectivity index (χ1v) is 9.00. The molecule has 2 aromatic rings. The Hall–Kier alpha value is -1.37. The van der Waals surface area contributed by atoms with Crippen molar-refractivity contribution in [1.82, 2.24) is 10.2 Å². The van der Waals surface area contributed by atoms with Crippen molar-refractivity contribution in [3.63, 3.8) is 0 Å². The molecule has 0 aliphatic heterocycles. The monoisotopic (exact) mass is 396 g/mol. The van der Waals surface area contributed by atoms with Gasteiger partial charge in [0.2, 0.25) is 5.91 Å². The third kappa shape index (κ3) is 5.34. The number of nitrogens with one attached hydrogen (secondary N) is 1. The SMILES string of the molecule is COc1ccc(Br)cc1CN(C)CC(=O)N[C@H](C)c1cccs1. The lowest BCUT2D eigenvalue weighted by Gasteiger charge is -2.20. The average Bonchev–Trinajstić information content (AvgIpc) is 3.01. The van der Waals surface area contributed by atoms with Crippen LogP contribution in [0.1, 0.15) is 23.4 Å². The van der Waals surface area contributed by atoms with Gasteiger partial charge < -0.3 is 10.1 Å². The fraction of sp³-hybridized carbons (Fsp3) is 0.353. The molecule has 1 heterocycles. The van der Waals surface area contributed by atoms with Crippen molar-refractivity contribution in [3.8, 4) is 5.75 Å². The van der Waals surface area contributed by atoms with Crippen LogP contribution in [-0.4, -0.2) is 31.5 Å². The summed E-state index contributed by atoms with van der Waals surface area (Å²) in [6.07, 6.45) is 0. The highest BCUT2D eigenvalue weighted by atomic mass is 79.9. The van der Waals surface area contributed by atoms with E-state index >= 15 is 0 Å². The highest BCUT2D eigenvalue weighted by Crippen LogP contribution is 2.24. The number of ether oxygens (including phenoxy) is 1. The third-order valence-corrected chi connectivity index (χ3v) is 4.99. The summed E-state index contributed by atoms with van der Waals surface area (Å²) in [4.78, 5) is 15.3. The lowest BCUT2D eigenvalue weighted by molar-refractivity contribution is -0.122. The van der Waals surface area contributed by atoms with Crippen LogP contribution in [0.2, 0.25) is 0 Å². The number of likely N-dealkylation sites (N-methyl/N-ethyl adjacent to an activating group) is 1. The predicted molar refractivity (Wildman–Crippen MR) is 97.9 cm³/mol. The highest BCUT2D eigenvalue weighted by Gasteiger charge is 2.14. The van der Waals surface area contributed by atoms with E-state index in [2.05, 4.69) is 21.2 Å². The molecule has 1 aromatic heterocycles. The molecule has 23 heavy (non-hydrogen) atoms. The Morgan fingerprint density at radius 1 is 1.43 bits per heavy atom. The van der Waals surface area contributed by atoms with Crippen molar-refractivity contribution in [1.29, 1.82) is 0 Å². The van der Waals surface area contributed by atoms with Gasteiger partial charge in [-0.25, -0.2) is 0 Å². The molecule has 1 aromatic carbocycles. The normalized spacial score (nSPS) is 12.2. The van der Waals surface area contributed by atoms with Crippen LogP contribution >= 0.6 is 27.3 Å². The van der Waals surface area contributed by atoms with Crippen molar-refractivity contribution >= 4 is 33.2 Å². The van der Waals surface area contributed by atoms with Crippen molar-refractivity contribution in [2.75, 3.05) is 20.7 Å².